The van der Waals surface area contributed by atoms with E-state index in [4.69, 9.17) is 0 Å². The molecule has 158 valence electrons. The van der Waals surface area contributed by atoms with Gasteiger partial charge in [-0.15, -0.1) is 0 Å². The molecule has 0 bridgehead atoms. The lowest BCUT2D eigenvalue weighted by Crippen LogP contribution is -2.14. The summed E-state index contributed by atoms with van der Waals surface area (Å²) in [5, 5.41) is 9.39. The molecular formula is C30H26OS. The van der Waals surface area contributed by atoms with E-state index in [9.17, 15) is 4.79 Å². The average molecular weight is 435 g/mol. The predicted molar refractivity (Wildman–Crippen MR) is 137 cm³/mol. The molecule has 0 fully saturated rings. The zero-order valence-corrected chi connectivity index (χ0v) is 18.9. The molecule has 1 aliphatic rings. The number of Topliss-reactive ketones (excluding diaryl/α,β-unsaturated/α-hetero) is 1. The van der Waals surface area contributed by atoms with Gasteiger partial charge in [0.2, 0.25) is 0 Å². The van der Waals surface area contributed by atoms with Gasteiger partial charge in [-0.05, 0) is 68.6 Å². The number of ketones is 1. The van der Waals surface area contributed by atoms with Gasteiger partial charge in [0.1, 0.15) is 0 Å². The summed E-state index contributed by atoms with van der Waals surface area (Å²) in [5.41, 5.74) is 3.67. The molecule has 1 aliphatic carbocycles. The van der Waals surface area contributed by atoms with Crippen LogP contribution >= 0.6 is 11.3 Å². The molecule has 1 unspecified atom stereocenters. The number of thiophene rings is 1. The number of hydrogen-bond acceptors (Lipinski definition) is 2. The van der Waals surface area contributed by atoms with Gasteiger partial charge in [-0.25, -0.2) is 0 Å². The molecule has 6 rings (SSSR count). The third kappa shape index (κ3) is 4.24. The fourth-order valence-electron chi connectivity index (χ4n) is 4.91. The molecule has 4 aromatic carbocycles. The van der Waals surface area contributed by atoms with Gasteiger partial charge in [-0.3, -0.25) is 4.79 Å². The second kappa shape index (κ2) is 9.50. The van der Waals surface area contributed by atoms with Crippen LogP contribution in [0.4, 0.5) is 0 Å². The lowest BCUT2D eigenvalue weighted by Gasteiger charge is -2.27. The molecule has 2 heteroatoms. The smallest absolute Gasteiger partial charge is 0.163 e. The molecule has 1 heterocycles. The number of rotatable bonds is 3. The zero-order valence-electron chi connectivity index (χ0n) is 18.0. The Labute approximate surface area is 193 Å². The quantitative estimate of drug-likeness (QED) is 0.206. The van der Waals surface area contributed by atoms with Crippen molar-refractivity contribution in [2.24, 2.45) is 0 Å². The van der Waals surface area contributed by atoms with Crippen LogP contribution in [0.5, 0.6) is 0 Å². The molecule has 32 heavy (non-hydrogen) atoms. The Morgan fingerprint density at radius 2 is 1.50 bits per heavy atom. The molecule has 0 N–H and O–H groups in total. The molecule has 0 radical (unpaired) electrons. The first-order valence-corrected chi connectivity index (χ1v) is 12.2. The van der Waals surface area contributed by atoms with Crippen LogP contribution in [0, 0.1) is 0 Å². The molecule has 0 spiro atoms. The number of hydrogen-bond donors (Lipinski definition) is 0. The average Bonchev–Trinajstić information content (AvgIpc) is 3.45. The molecule has 0 amide bonds. The van der Waals surface area contributed by atoms with Crippen LogP contribution in [-0.4, -0.2) is 5.78 Å². The van der Waals surface area contributed by atoms with Crippen LogP contribution in [0.2, 0.25) is 0 Å². The number of carbonyl (C=O) groups is 1. The van der Waals surface area contributed by atoms with E-state index in [1.165, 1.54) is 32.7 Å². The van der Waals surface area contributed by atoms with Crippen molar-refractivity contribution < 1.29 is 4.79 Å². The third-order valence-corrected chi connectivity index (χ3v) is 7.07. The van der Waals surface area contributed by atoms with Gasteiger partial charge in [0.15, 0.2) is 5.78 Å². The Kier molecular flexibility index (Phi) is 6.13. The van der Waals surface area contributed by atoms with E-state index in [1.54, 1.807) is 11.3 Å². The van der Waals surface area contributed by atoms with E-state index in [1.807, 2.05) is 53.2 Å². The summed E-state index contributed by atoms with van der Waals surface area (Å²) < 4.78 is 0. The normalized spacial score (nSPS) is 15.1. The van der Waals surface area contributed by atoms with Crippen LogP contribution in [0.1, 0.15) is 46.7 Å². The maximum atomic E-state index is 12.8. The largest absolute Gasteiger partial charge is 0.294 e. The molecule has 1 atom stereocenters. The highest BCUT2D eigenvalue weighted by atomic mass is 32.1. The van der Waals surface area contributed by atoms with Crippen molar-refractivity contribution in [3.05, 3.63) is 118 Å². The van der Waals surface area contributed by atoms with Crippen LogP contribution in [0.3, 0.4) is 0 Å². The number of fused-ring (bicyclic) bond motifs is 5. The highest BCUT2D eigenvalue weighted by Gasteiger charge is 2.24. The van der Waals surface area contributed by atoms with Crippen molar-refractivity contribution in [1.29, 1.82) is 0 Å². The third-order valence-electron chi connectivity index (χ3n) is 6.45. The SMILES string of the molecule is O=C(CC1CCCc2c1ccc1c2ccc2ccccc21)c1ccccc1.c1ccsc1. The van der Waals surface area contributed by atoms with Gasteiger partial charge in [-0.1, -0.05) is 91.0 Å². The molecule has 0 aliphatic heterocycles. The van der Waals surface area contributed by atoms with Crippen molar-refractivity contribution in [3.63, 3.8) is 0 Å². The predicted octanol–water partition coefficient (Wildman–Crippen LogP) is 8.43. The van der Waals surface area contributed by atoms with Crippen LogP contribution in [-0.2, 0) is 6.42 Å². The van der Waals surface area contributed by atoms with Crippen molar-refractivity contribution in [2.45, 2.75) is 31.6 Å². The topological polar surface area (TPSA) is 17.1 Å². The fraction of sp³-hybridized carbons (Fsp3) is 0.167. The van der Waals surface area contributed by atoms with E-state index in [0.29, 0.717) is 12.3 Å². The summed E-state index contributed by atoms with van der Waals surface area (Å²) in [6.45, 7) is 0. The molecule has 1 nitrogen and oxygen atoms in total. The molecular weight excluding hydrogens is 408 g/mol. The second-order valence-corrected chi connectivity index (χ2v) is 9.21. The number of carbonyl (C=O) groups excluding carboxylic acids is 1. The monoisotopic (exact) mass is 434 g/mol. The summed E-state index contributed by atoms with van der Waals surface area (Å²) in [5.74, 6) is 0.587. The highest BCUT2D eigenvalue weighted by molar-refractivity contribution is 7.07. The maximum absolute atomic E-state index is 12.8. The summed E-state index contributed by atoms with van der Waals surface area (Å²) in [7, 11) is 0. The summed E-state index contributed by atoms with van der Waals surface area (Å²) >= 11 is 1.71. The minimum Gasteiger partial charge on any atom is -0.294 e. The minimum atomic E-state index is 0.257. The van der Waals surface area contributed by atoms with Gasteiger partial charge in [0.25, 0.3) is 0 Å². The van der Waals surface area contributed by atoms with Gasteiger partial charge >= 0.3 is 0 Å². The standard InChI is InChI=1S/C26H22O.C4H4S/c27-26(19-8-2-1-3-9-19)17-20-10-6-12-23-22(20)15-16-24-21-11-5-4-7-18(21)13-14-25(23)24;1-2-4-5-3-1/h1-5,7-9,11,13-16,20H,6,10,12,17H2;1-4H. The highest BCUT2D eigenvalue weighted by Crippen LogP contribution is 2.40. The summed E-state index contributed by atoms with van der Waals surface area (Å²) in [6.07, 6.45) is 3.98. The minimum absolute atomic E-state index is 0.257. The van der Waals surface area contributed by atoms with Crippen molar-refractivity contribution in [3.8, 4) is 0 Å². The lowest BCUT2D eigenvalue weighted by molar-refractivity contribution is 0.0971. The first-order valence-electron chi connectivity index (χ1n) is 11.3. The molecule has 5 aromatic rings. The molecule has 1 aromatic heterocycles. The Balaban J connectivity index is 0.000000383. The van der Waals surface area contributed by atoms with Crippen molar-refractivity contribution in [2.75, 3.05) is 0 Å². The van der Waals surface area contributed by atoms with Gasteiger partial charge < -0.3 is 0 Å². The Bertz CT molecular complexity index is 1320. The van der Waals surface area contributed by atoms with E-state index >= 15 is 0 Å². The molecule has 0 saturated carbocycles. The van der Waals surface area contributed by atoms with Crippen molar-refractivity contribution in [1.82, 2.24) is 0 Å². The van der Waals surface area contributed by atoms with E-state index in [-0.39, 0.29) is 5.78 Å². The van der Waals surface area contributed by atoms with E-state index in [0.717, 1.165) is 24.8 Å². The van der Waals surface area contributed by atoms with Gasteiger partial charge in [0.05, 0.1) is 0 Å². The lowest BCUT2D eigenvalue weighted by atomic mass is 9.77. The van der Waals surface area contributed by atoms with Gasteiger partial charge in [-0.2, -0.15) is 11.3 Å². The maximum Gasteiger partial charge on any atom is 0.163 e. The van der Waals surface area contributed by atoms with Gasteiger partial charge in [0, 0.05) is 12.0 Å². The Morgan fingerprint density at radius 1 is 0.750 bits per heavy atom. The first-order chi connectivity index (χ1) is 15.8. The number of aryl methyl sites for hydroxylation is 1. The first kappa shape index (κ1) is 20.7. The van der Waals surface area contributed by atoms with Crippen LogP contribution < -0.4 is 0 Å². The van der Waals surface area contributed by atoms with E-state index in [2.05, 4.69) is 48.5 Å². The Hall–Kier alpha value is -3.23. The van der Waals surface area contributed by atoms with Crippen LogP contribution in [0.25, 0.3) is 21.5 Å². The van der Waals surface area contributed by atoms with E-state index < -0.39 is 0 Å². The zero-order chi connectivity index (χ0) is 21.8. The summed E-state index contributed by atoms with van der Waals surface area (Å²) in [4.78, 5) is 12.8. The molecule has 0 saturated heterocycles. The van der Waals surface area contributed by atoms with Crippen LogP contribution in [0.15, 0.2) is 102 Å². The van der Waals surface area contributed by atoms with Crippen molar-refractivity contribution >= 4 is 38.7 Å². The number of benzene rings is 4. The second-order valence-electron chi connectivity index (χ2n) is 8.39. The summed E-state index contributed by atoms with van der Waals surface area (Å²) in [6, 6.07) is 31.4. The Morgan fingerprint density at radius 3 is 2.28 bits per heavy atom. The fourth-order valence-corrected chi connectivity index (χ4v) is 5.37.